The van der Waals surface area contributed by atoms with E-state index in [9.17, 15) is 5.21 Å². The van der Waals surface area contributed by atoms with Crippen LogP contribution in [0.4, 0.5) is 0 Å². The second-order valence-corrected chi connectivity index (χ2v) is 3.67. The van der Waals surface area contributed by atoms with E-state index in [-0.39, 0.29) is 4.65 Å². The lowest BCUT2D eigenvalue weighted by atomic mass is 10.1. The summed E-state index contributed by atoms with van der Waals surface area (Å²) in [5, 5.41) is 11.0. The van der Waals surface area contributed by atoms with Gasteiger partial charge < -0.3 is 9.85 Å². The topological polar surface area (TPSA) is 23.1 Å². The highest BCUT2D eigenvalue weighted by atomic mass is 16.5. The minimum atomic E-state index is -0.312. The largest absolute Gasteiger partial charge is 0.628 e. The van der Waals surface area contributed by atoms with Gasteiger partial charge in [0, 0.05) is 0 Å². The Labute approximate surface area is 76.1 Å². The van der Waals surface area contributed by atoms with E-state index >= 15 is 0 Å². The van der Waals surface area contributed by atoms with Gasteiger partial charge in [0.05, 0.1) is 20.3 Å². The lowest BCUT2D eigenvalue weighted by Gasteiger charge is -2.28. The van der Waals surface area contributed by atoms with Crippen LogP contribution in [0.5, 0.6) is 0 Å². The van der Waals surface area contributed by atoms with Gasteiger partial charge in [-0.1, -0.05) is 26.2 Å². The smallest absolute Gasteiger partial charge is 0.0913 e. The van der Waals surface area contributed by atoms with E-state index in [1.165, 1.54) is 25.7 Å². The van der Waals surface area contributed by atoms with E-state index in [0.29, 0.717) is 0 Å². The highest BCUT2D eigenvalue weighted by Crippen LogP contribution is 2.04. The van der Waals surface area contributed by atoms with Crippen LogP contribution >= 0.6 is 0 Å². The van der Waals surface area contributed by atoms with Crippen molar-refractivity contribution in [3.63, 3.8) is 0 Å². The Balaban J connectivity index is 3.25. The second kappa shape index (κ2) is 6.21. The first-order valence-electron chi connectivity index (χ1n) is 4.78. The summed E-state index contributed by atoms with van der Waals surface area (Å²) in [6.45, 7) is 2.20. The average molecular weight is 171 g/mol. The van der Waals surface area contributed by atoms with Gasteiger partial charge in [-0.25, -0.2) is 0 Å². The van der Waals surface area contributed by atoms with Crippen molar-refractivity contribution in [2.45, 2.75) is 39.0 Å². The molecule has 0 N–H and O–H groups in total. The van der Waals surface area contributed by atoms with Gasteiger partial charge in [0.1, 0.15) is 0 Å². The molecule has 0 fully saturated rings. The van der Waals surface area contributed by atoms with E-state index in [4.69, 9.17) is 0 Å². The third kappa shape index (κ3) is 9.66. The lowest BCUT2D eigenvalue weighted by molar-refractivity contribution is -0.785. The van der Waals surface area contributed by atoms with Crippen LogP contribution in [0, 0.1) is 5.21 Å². The molecule has 0 amide bonds. The number of hydrogen-bond acceptors (Lipinski definition) is 1. The van der Waals surface area contributed by atoms with Crippen LogP contribution in [-0.4, -0.2) is 18.7 Å². The van der Waals surface area contributed by atoms with Gasteiger partial charge in [-0.15, -0.1) is 0 Å². The fraction of sp³-hybridized carbons (Fsp3) is 0.800. The fourth-order valence-electron chi connectivity index (χ4n) is 1.02. The molecule has 0 aromatic heterocycles. The zero-order valence-corrected chi connectivity index (χ0v) is 8.55. The maximum atomic E-state index is 11.0. The Morgan fingerprint density at radius 3 is 2.33 bits per heavy atom. The van der Waals surface area contributed by atoms with Gasteiger partial charge in [0.2, 0.25) is 0 Å². The monoisotopic (exact) mass is 171 g/mol. The van der Waals surface area contributed by atoms with Gasteiger partial charge in [0.25, 0.3) is 0 Å². The quantitative estimate of drug-likeness (QED) is 0.342. The first-order chi connectivity index (χ1) is 5.56. The molecule has 0 bridgehead atoms. The molecule has 0 aliphatic heterocycles. The van der Waals surface area contributed by atoms with Crippen molar-refractivity contribution in [3.8, 4) is 0 Å². The molecule has 0 rings (SSSR count). The summed E-state index contributed by atoms with van der Waals surface area (Å²) in [6, 6.07) is 0. The first kappa shape index (κ1) is 11.7. The molecule has 2 nitrogen and oxygen atoms in total. The highest BCUT2D eigenvalue weighted by Gasteiger charge is 1.92. The van der Waals surface area contributed by atoms with Crippen LogP contribution in [0.1, 0.15) is 39.0 Å². The normalized spacial score (nSPS) is 12.7. The summed E-state index contributed by atoms with van der Waals surface area (Å²) in [5.74, 6) is 0. The Bertz CT molecular complexity index is 124. The maximum absolute atomic E-state index is 11.0. The highest BCUT2D eigenvalue weighted by molar-refractivity contribution is 4.73. The molecule has 0 spiro atoms. The summed E-state index contributed by atoms with van der Waals surface area (Å²) in [4.78, 5) is 0. The predicted molar refractivity (Wildman–Crippen MR) is 53.4 cm³/mol. The Kier molecular flexibility index (Phi) is 6.03. The third-order valence-electron chi connectivity index (χ3n) is 1.69. The number of nitrogens with zero attached hydrogens (tertiary/aromatic N) is 1. The summed E-state index contributed by atoms with van der Waals surface area (Å²) in [5.41, 5.74) is 0. The van der Waals surface area contributed by atoms with E-state index in [2.05, 4.69) is 6.92 Å². The van der Waals surface area contributed by atoms with Crippen LogP contribution < -0.4 is 0 Å². The van der Waals surface area contributed by atoms with Crippen LogP contribution in [-0.2, 0) is 0 Å². The molecule has 12 heavy (non-hydrogen) atoms. The average Bonchev–Trinajstić information content (AvgIpc) is 1.94. The number of rotatable bonds is 6. The molecule has 0 saturated heterocycles. The SMILES string of the molecule is CCCCCC/C=C/[N+](C)(C)[O-]. The fourth-order valence-corrected chi connectivity index (χ4v) is 1.02. The molecular weight excluding hydrogens is 150 g/mol. The summed E-state index contributed by atoms with van der Waals surface area (Å²) < 4.78 is -0.312. The molecule has 2 heteroatoms. The zero-order valence-electron chi connectivity index (χ0n) is 8.55. The van der Waals surface area contributed by atoms with Crippen LogP contribution in [0.25, 0.3) is 0 Å². The summed E-state index contributed by atoms with van der Waals surface area (Å²) in [7, 11) is 3.26. The molecule has 0 atom stereocenters. The molecule has 0 aromatic rings. The second-order valence-electron chi connectivity index (χ2n) is 3.67. The number of allylic oxidation sites excluding steroid dienone is 1. The zero-order chi connectivity index (χ0) is 9.45. The van der Waals surface area contributed by atoms with Crippen molar-refractivity contribution in [2.75, 3.05) is 14.1 Å². The third-order valence-corrected chi connectivity index (χ3v) is 1.69. The van der Waals surface area contributed by atoms with Crippen molar-refractivity contribution >= 4 is 0 Å². The van der Waals surface area contributed by atoms with Crippen molar-refractivity contribution < 1.29 is 4.65 Å². The van der Waals surface area contributed by atoms with E-state index in [1.54, 1.807) is 20.3 Å². The Morgan fingerprint density at radius 1 is 1.17 bits per heavy atom. The van der Waals surface area contributed by atoms with Crippen molar-refractivity contribution in [1.82, 2.24) is 0 Å². The van der Waals surface area contributed by atoms with Crippen molar-refractivity contribution in [1.29, 1.82) is 0 Å². The Morgan fingerprint density at radius 2 is 1.83 bits per heavy atom. The molecule has 0 aliphatic carbocycles. The van der Waals surface area contributed by atoms with Gasteiger partial charge in [0.15, 0.2) is 0 Å². The molecule has 72 valence electrons. The lowest BCUT2D eigenvalue weighted by Crippen LogP contribution is -2.23. The molecule has 0 aromatic carbocycles. The van der Waals surface area contributed by atoms with Crippen LogP contribution in [0.3, 0.4) is 0 Å². The van der Waals surface area contributed by atoms with Crippen LogP contribution in [0.2, 0.25) is 0 Å². The summed E-state index contributed by atoms with van der Waals surface area (Å²) >= 11 is 0. The molecule has 0 saturated carbocycles. The number of hydrogen-bond donors (Lipinski definition) is 0. The number of hydroxylamine groups is 3. The maximum Gasteiger partial charge on any atom is 0.0913 e. The van der Waals surface area contributed by atoms with Gasteiger partial charge in [-0.2, -0.15) is 0 Å². The van der Waals surface area contributed by atoms with E-state index in [1.807, 2.05) is 6.08 Å². The van der Waals surface area contributed by atoms with Gasteiger partial charge in [-0.05, 0) is 18.9 Å². The molecule has 0 unspecified atom stereocenters. The van der Waals surface area contributed by atoms with Gasteiger partial charge >= 0.3 is 0 Å². The molecule has 0 radical (unpaired) electrons. The number of unbranched alkanes of at least 4 members (excludes halogenated alkanes) is 4. The first-order valence-corrected chi connectivity index (χ1v) is 4.78. The Hall–Kier alpha value is -0.340. The molecular formula is C10H21NO. The van der Waals surface area contributed by atoms with E-state index in [0.717, 1.165) is 6.42 Å². The standard InChI is InChI=1S/C10H21NO/c1-4-5-6-7-8-9-10-11(2,3)12/h9-10H,4-8H2,1-3H3/b10-9+. The minimum absolute atomic E-state index is 0.312. The molecule has 0 heterocycles. The van der Waals surface area contributed by atoms with Crippen molar-refractivity contribution in [2.24, 2.45) is 0 Å². The van der Waals surface area contributed by atoms with E-state index < -0.39 is 0 Å². The summed E-state index contributed by atoms with van der Waals surface area (Å²) in [6.07, 6.45) is 9.81. The predicted octanol–water partition coefficient (Wildman–Crippen LogP) is 3.04. The van der Waals surface area contributed by atoms with Gasteiger partial charge in [-0.3, -0.25) is 0 Å². The van der Waals surface area contributed by atoms with Crippen molar-refractivity contribution in [3.05, 3.63) is 17.5 Å². The number of quaternary nitrogens is 1. The molecule has 0 aliphatic rings. The van der Waals surface area contributed by atoms with Crippen LogP contribution in [0.15, 0.2) is 12.3 Å². The minimum Gasteiger partial charge on any atom is -0.628 e.